The van der Waals surface area contributed by atoms with Crippen LogP contribution in [0.25, 0.3) is 0 Å². The van der Waals surface area contributed by atoms with Crippen molar-refractivity contribution in [3.8, 4) is 0 Å². The van der Waals surface area contributed by atoms with Crippen LogP contribution in [0.4, 0.5) is 11.6 Å². The molecule has 2 fully saturated rings. The Bertz CT molecular complexity index is 558. The van der Waals surface area contributed by atoms with Gasteiger partial charge in [0.2, 0.25) is 5.91 Å². The van der Waals surface area contributed by atoms with Gasteiger partial charge in [-0.2, -0.15) is 0 Å². The van der Waals surface area contributed by atoms with E-state index in [1.807, 2.05) is 4.90 Å². The molecule has 1 aromatic rings. The normalized spacial score (nSPS) is 18.8. The third-order valence-electron chi connectivity index (χ3n) is 5.87. The number of piperazine rings is 1. The van der Waals surface area contributed by atoms with Crippen molar-refractivity contribution in [3.05, 3.63) is 12.1 Å². The lowest BCUT2D eigenvalue weighted by Gasteiger charge is -2.36. The van der Waals surface area contributed by atoms with Crippen molar-refractivity contribution in [2.75, 3.05) is 49.1 Å². The highest BCUT2D eigenvalue weighted by Gasteiger charge is 2.25. The number of nitrogens with zero attached hydrogens (tertiary/aromatic N) is 5. The van der Waals surface area contributed by atoms with Crippen molar-refractivity contribution < 1.29 is 4.79 Å². The van der Waals surface area contributed by atoms with Crippen molar-refractivity contribution in [1.29, 1.82) is 0 Å². The molecule has 3 rings (SSSR count). The fourth-order valence-electron chi connectivity index (χ4n) is 4.16. The number of aromatic nitrogens is 2. The molecule has 1 aromatic heterocycles. The minimum atomic E-state index is 0.347. The molecule has 1 saturated heterocycles. The van der Waals surface area contributed by atoms with Crippen LogP contribution < -0.4 is 9.80 Å². The van der Waals surface area contributed by atoms with Gasteiger partial charge in [0.05, 0.1) is 0 Å². The molecule has 0 N–H and O–H groups in total. The van der Waals surface area contributed by atoms with E-state index < -0.39 is 0 Å². The standard InChI is InChI=1S/C20H33N5O/c1-3-23(4-2)18-10-11-19(22-21-18)24-12-14-25(15-13-24)20(26)16-17-8-6-5-7-9-17/h10-11,17H,3-9,12-16H2,1-2H3. The van der Waals surface area contributed by atoms with Gasteiger partial charge in [-0.05, 0) is 44.7 Å². The molecular formula is C20H33N5O. The van der Waals surface area contributed by atoms with Gasteiger partial charge >= 0.3 is 0 Å². The van der Waals surface area contributed by atoms with E-state index in [9.17, 15) is 4.79 Å². The molecule has 2 aliphatic rings. The zero-order chi connectivity index (χ0) is 18.4. The molecule has 1 aliphatic carbocycles. The Morgan fingerprint density at radius 2 is 1.73 bits per heavy atom. The molecule has 0 aromatic carbocycles. The summed E-state index contributed by atoms with van der Waals surface area (Å²) in [6.07, 6.45) is 7.16. The molecule has 6 heteroatoms. The Hall–Kier alpha value is -1.85. The summed E-state index contributed by atoms with van der Waals surface area (Å²) in [7, 11) is 0. The SMILES string of the molecule is CCN(CC)c1ccc(N2CCN(C(=O)CC3CCCCC3)CC2)nn1. The number of carbonyl (C=O) groups is 1. The first-order valence-corrected chi connectivity index (χ1v) is 10.3. The van der Waals surface area contributed by atoms with E-state index in [4.69, 9.17) is 0 Å². The van der Waals surface area contributed by atoms with E-state index in [0.29, 0.717) is 11.8 Å². The summed E-state index contributed by atoms with van der Waals surface area (Å²) < 4.78 is 0. The van der Waals surface area contributed by atoms with Crippen molar-refractivity contribution >= 4 is 17.5 Å². The van der Waals surface area contributed by atoms with Crippen LogP contribution in [0.15, 0.2) is 12.1 Å². The number of amides is 1. The highest BCUT2D eigenvalue weighted by atomic mass is 16.2. The van der Waals surface area contributed by atoms with E-state index >= 15 is 0 Å². The van der Waals surface area contributed by atoms with E-state index in [2.05, 4.69) is 46.0 Å². The van der Waals surface area contributed by atoms with Gasteiger partial charge in [-0.3, -0.25) is 4.79 Å². The van der Waals surface area contributed by atoms with Crippen LogP contribution in [-0.2, 0) is 4.79 Å². The predicted molar refractivity (Wildman–Crippen MR) is 106 cm³/mol. The Morgan fingerprint density at radius 3 is 2.31 bits per heavy atom. The molecule has 0 radical (unpaired) electrons. The molecule has 2 heterocycles. The number of carbonyl (C=O) groups excluding carboxylic acids is 1. The summed E-state index contributed by atoms with van der Waals surface area (Å²) in [5.74, 6) is 2.81. The van der Waals surface area contributed by atoms with Gasteiger partial charge in [0.15, 0.2) is 11.6 Å². The third-order valence-corrected chi connectivity index (χ3v) is 5.87. The number of hydrogen-bond acceptors (Lipinski definition) is 5. The molecule has 6 nitrogen and oxygen atoms in total. The molecule has 0 unspecified atom stereocenters. The van der Waals surface area contributed by atoms with Crippen LogP contribution in [0.1, 0.15) is 52.4 Å². The Kier molecular flexibility index (Phi) is 6.69. The van der Waals surface area contributed by atoms with Crippen molar-refractivity contribution in [3.63, 3.8) is 0 Å². The smallest absolute Gasteiger partial charge is 0.222 e. The second kappa shape index (κ2) is 9.19. The minimum absolute atomic E-state index is 0.347. The molecular weight excluding hydrogens is 326 g/mol. The number of rotatable bonds is 6. The van der Waals surface area contributed by atoms with Gasteiger partial charge in [-0.25, -0.2) is 0 Å². The molecule has 26 heavy (non-hydrogen) atoms. The Morgan fingerprint density at radius 1 is 1.04 bits per heavy atom. The lowest BCUT2D eigenvalue weighted by atomic mass is 9.86. The zero-order valence-corrected chi connectivity index (χ0v) is 16.4. The van der Waals surface area contributed by atoms with Gasteiger partial charge in [0.1, 0.15) is 0 Å². The van der Waals surface area contributed by atoms with Crippen LogP contribution in [-0.4, -0.2) is 60.3 Å². The summed E-state index contributed by atoms with van der Waals surface area (Å²) in [5, 5.41) is 8.79. The first-order chi connectivity index (χ1) is 12.7. The number of hydrogen-bond donors (Lipinski definition) is 0. The Balaban J connectivity index is 1.49. The maximum atomic E-state index is 12.6. The van der Waals surface area contributed by atoms with Gasteiger partial charge in [0.25, 0.3) is 0 Å². The molecule has 0 bridgehead atoms. The summed E-state index contributed by atoms with van der Waals surface area (Å²) in [6, 6.07) is 4.11. The summed E-state index contributed by atoms with van der Waals surface area (Å²) in [6.45, 7) is 9.41. The third kappa shape index (κ3) is 4.65. The second-order valence-corrected chi connectivity index (χ2v) is 7.50. The van der Waals surface area contributed by atoms with E-state index in [1.165, 1.54) is 32.1 Å². The monoisotopic (exact) mass is 359 g/mol. The van der Waals surface area contributed by atoms with Gasteiger partial charge in [0, 0.05) is 45.7 Å². The van der Waals surface area contributed by atoms with Gasteiger partial charge in [-0.15, -0.1) is 10.2 Å². The summed E-state index contributed by atoms with van der Waals surface area (Å²) in [4.78, 5) is 19.0. The molecule has 1 saturated carbocycles. The van der Waals surface area contributed by atoms with Crippen molar-refractivity contribution in [2.24, 2.45) is 5.92 Å². The largest absolute Gasteiger partial charge is 0.356 e. The zero-order valence-electron chi connectivity index (χ0n) is 16.4. The van der Waals surface area contributed by atoms with Gasteiger partial charge in [-0.1, -0.05) is 19.3 Å². The van der Waals surface area contributed by atoms with Crippen molar-refractivity contribution in [1.82, 2.24) is 15.1 Å². The average Bonchev–Trinajstić information content (AvgIpc) is 2.70. The second-order valence-electron chi connectivity index (χ2n) is 7.50. The van der Waals surface area contributed by atoms with Gasteiger partial charge < -0.3 is 14.7 Å². The van der Waals surface area contributed by atoms with E-state index in [0.717, 1.165) is 57.3 Å². The minimum Gasteiger partial charge on any atom is -0.356 e. The maximum absolute atomic E-state index is 12.6. The molecule has 144 valence electrons. The fourth-order valence-corrected chi connectivity index (χ4v) is 4.16. The lowest BCUT2D eigenvalue weighted by molar-refractivity contribution is -0.132. The highest BCUT2D eigenvalue weighted by Crippen LogP contribution is 2.27. The fraction of sp³-hybridized carbons (Fsp3) is 0.750. The summed E-state index contributed by atoms with van der Waals surface area (Å²) >= 11 is 0. The highest BCUT2D eigenvalue weighted by molar-refractivity contribution is 5.76. The molecule has 0 atom stereocenters. The number of anilines is 2. The summed E-state index contributed by atoms with van der Waals surface area (Å²) in [5.41, 5.74) is 0. The van der Waals surface area contributed by atoms with Crippen LogP contribution in [0, 0.1) is 5.92 Å². The first-order valence-electron chi connectivity index (χ1n) is 10.3. The van der Waals surface area contributed by atoms with Crippen molar-refractivity contribution in [2.45, 2.75) is 52.4 Å². The maximum Gasteiger partial charge on any atom is 0.222 e. The Labute approximate surface area is 157 Å². The topological polar surface area (TPSA) is 52.6 Å². The average molecular weight is 360 g/mol. The van der Waals surface area contributed by atoms with Crippen LogP contribution in [0.3, 0.4) is 0 Å². The lowest BCUT2D eigenvalue weighted by Crippen LogP contribution is -2.49. The van der Waals surface area contributed by atoms with E-state index in [-0.39, 0.29) is 0 Å². The molecule has 1 amide bonds. The van der Waals surface area contributed by atoms with E-state index in [1.54, 1.807) is 0 Å². The van der Waals surface area contributed by atoms with Crippen LogP contribution in [0.2, 0.25) is 0 Å². The molecule has 0 spiro atoms. The first kappa shape index (κ1) is 18.9. The van der Waals surface area contributed by atoms with Crippen LogP contribution >= 0.6 is 0 Å². The van der Waals surface area contributed by atoms with Crippen LogP contribution in [0.5, 0.6) is 0 Å². The molecule has 1 aliphatic heterocycles. The quantitative estimate of drug-likeness (QED) is 0.782. The predicted octanol–water partition coefficient (Wildman–Crippen LogP) is 2.94.